The number of carbonyl (C=O) groups excluding carboxylic acids is 1. The van der Waals surface area contributed by atoms with E-state index in [0.717, 1.165) is 25.9 Å². The molecule has 0 atom stereocenters. The second-order valence-corrected chi connectivity index (χ2v) is 3.50. The molecule has 0 saturated heterocycles. The van der Waals surface area contributed by atoms with Gasteiger partial charge in [-0.15, -0.1) is 0 Å². The third-order valence-corrected chi connectivity index (χ3v) is 2.01. The van der Waals surface area contributed by atoms with Crippen LogP contribution in [0.2, 0.25) is 0 Å². The molecule has 0 fully saturated rings. The van der Waals surface area contributed by atoms with Crippen LogP contribution in [0.25, 0.3) is 0 Å². The van der Waals surface area contributed by atoms with Crippen molar-refractivity contribution in [2.45, 2.75) is 46.0 Å². The second kappa shape index (κ2) is 10.5. The van der Waals surface area contributed by atoms with E-state index >= 15 is 0 Å². The topological polar surface area (TPSA) is 38.3 Å². The summed E-state index contributed by atoms with van der Waals surface area (Å²) in [6.07, 6.45) is 5.88. The zero-order valence-corrected chi connectivity index (χ0v) is 9.47. The quantitative estimate of drug-likeness (QED) is 0.458. The Morgan fingerprint density at radius 1 is 1.14 bits per heavy atom. The highest BCUT2D eigenvalue weighted by molar-refractivity contribution is 5.65. The molecule has 1 N–H and O–H groups in total. The standard InChI is InChI=1S/C11H23NO2/c1-3-4-5-8-12-9-6-7-10-14-11(2)13/h12H,3-10H2,1-2H3. The molecular weight excluding hydrogens is 178 g/mol. The lowest BCUT2D eigenvalue weighted by Crippen LogP contribution is -2.17. The summed E-state index contributed by atoms with van der Waals surface area (Å²) in [6, 6.07) is 0. The van der Waals surface area contributed by atoms with E-state index in [9.17, 15) is 4.79 Å². The van der Waals surface area contributed by atoms with Crippen molar-refractivity contribution in [2.75, 3.05) is 19.7 Å². The van der Waals surface area contributed by atoms with Gasteiger partial charge in [-0.2, -0.15) is 0 Å². The second-order valence-electron chi connectivity index (χ2n) is 3.50. The van der Waals surface area contributed by atoms with Gasteiger partial charge in [-0.25, -0.2) is 0 Å². The molecule has 0 bridgehead atoms. The Morgan fingerprint density at radius 2 is 1.79 bits per heavy atom. The Labute approximate surface area is 87.2 Å². The fraction of sp³-hybridized carbons (Fsp3) is 0.909. The molecule has 0 radical (unpaired) electrons. The molecule has 0 aliphatic heterocycles. The van der Waals surface area contributed by atoms with Crippen molar-refractivity contribution in [2.24, 2.45) is 0 Å². The monoisotopic (exact) mass is 201 g/mol. The van der Waals surface area contributed by atoms with E-state index in [0.29, 0.717) is 6.61 Å². The van der Waals surface area contributed by atoms with E-state index in [-0.39, 0.29) is 5.97 Å². The summed E-state index contributed by atoms with van der Waals surface area (Å²) >= 11 is 0. The lowest BCUT2D eigenvalue weighted by atomic mass is 10.2. The fourth-order valence-corrected chi connectivity index (χ4v) is 1.19. The summed E-state index contributed by atoms with van der Waals surface area (Å²) in [7, 11) is 0. The third kappa shape index (κ3) is 11.4. The minimum Gasteiger partial charge on any atom is -0.466 e. The molecule has 14 heavy (non-hydrogen) atoms. The van der Waals surface area contributed by atoms with Crippen LogP contribution in [0.1, 0.15) is 46.0 Å². The Bertz CT molecular complexity index is 137. The van der Waals surface area contributed by atoms with E-state index in [1.165, 1.54) is 26.2 Å². The predicted molar refractivity (Wildman–Crippen MR) is 58.3 cm³/mol. The number of rotatable bonds is 9. The first-order chi connectivity index (χ1) is 6.77. The molecule has 0 heterocycles. The van der Waals surface area contributed by atoms with Gasteiger partial charge in [-0.05, 0) is 32.4 Å². The summed E-state index contributed by atoms with van der Waals surface area (Å²) < 4.78 is 4.82. The number of esters is 1. The molecule has 3 heteroatoms. The smallest absolute Gasteiger partial charge is 0.302 e. The Hall–Kier alpha value is -0.570. The van der Waals surface area contributed by atoms with Crippen molar-refractivity contribution in [3.63, 3.8) is 0 Å². The average Bonchev–Trinajstić information content (AvgIpc) is 2.15. The molecule has 0 amide bonds. The SMILES string of the molecule is CCCCCNCCCCOC(C)=O. The van der Waals surface area contributed by atoms with Crippen molar-refractivity contribution in [3.05, 3.63) is 0 Å². The maximum atomic E-state index is 10.4. The summed E-state index contributed by atoms with van der Waals surface area (Å²) in [5.74, 6) is -0.180. The number of ether oxygens (including phenoxy) is 1. The van der Waals surface area contributed by atoms with Gasteiger partial charge in [0.05, 0.1) is 6.61 Å². The van der Waals surface area contributed by atoms with Crippen LogP contribution in [0.4, 0.5) is 0 Å². The van der Waals surface area contributed by atoms with Crippen LogP contribution in [-0.4, -0.2) is 25.7 Å². The minimum atomic E-state index is -0.180. The normalized spacial score (nSPS) is 10.1. The Morgan fingerprint density at radius 3 is 2.36 bits per heavy atom. The Kier molecular flexibility index (Phi) is 10.1. The number of hydrogen-bond donors (Lipinski definition) is 1. The zero-order valence-electron chi connectivity index (χ0n) is 9.47. The van der Waals surface area contributed by atoms with Gasteiger partial charge in [0.15, 0.2) is 0 Å². The molecule has 0 unspecified atom stereocenters. The van der Waals surface area contributed by atoms with Crippen LogP contribution < -0.4 is 5.32 Å². The maximum Gasteiger partial charge on any atom is 0.302 e. The lowest BCUT2D eigenvalue weighted by molar-refractivity contribution is -0.141. The van der Waals surface area contributed by atoms with Gasteiger partial charge in [0, 0.05) is 6.92 Å². The van der Waals surface area contributed by atoms with Gasteiger partial charge in [0.2, 0.25) is 0 Å². The first-order valence-corrected chi connectivity index (χ1v) is 5.61. The highest BCUT2D eigenvalue weighted by atomic mass is 16.5. The minimum absolute atomic E-state index is 0.180. The third-order valence-electron chi connectivity index (χ3n) is 2.01. The van der Waals surface area contributed by atoms with Crippen molar-refractivity contribution in [3.8, 4) is 0 Å². The molecule has 0 aromatic carbocycles. The van der Waals surface area contributed by atoms with Gasteiger partial charge < -0.3 is 10.1 Å². The lowest BCUT2D eigenvalue weighted by Gasteiger charge is -2.04. The van der Waals surface area contributed by atoms with Crippen molar-refractivity contribution in [1.82, 2.24) is 5.32 Å². The maximum absolute atomic E-state index is 10.4. The summed E-state index contributed by atoms with van der Waals surface area (Å²) in [5.41, 5.74) is 0. The summed E-state index contributed by atoms with van der Waals surface area (Å²) in [4.78, 5) is 10.4. The fourth-order valence-electron chi connectivity index (χ4n) is 1.19. The van der Waals surface area contributed by atoms with Crippen LogP contribution in [0, 0.1) is 0 Å². The van der Waals surface area contributed by atoms with E-state index in [1.807, 2.05) is 0 Å². The summed E-state index contributed by atoms with van der Waals surface area (Å²) in [5, 5.41) is 3.37. The van der Waals surface area contributed by atoms with E-state index in [4.69, 9.17) is 4.74 Å². The van der Waals surface area contributed by atoms with Crippen LogP contribution in [0.5, 0.6) is 0 Å². The molecule has 0 aromatic heterocycles. The molecule has 0 rings (SSSR count). The number of carbonyl (C=O) groups is 1. The van der Waals surface area contributed by atoms with Crippen LogP contribution in [-0.2, 0) is 9.53 Å². The van der Waals surface area contributed by atoms with Gasteiger partial charge in [-0.1, -0.05) is 19.8 Å². The largest absolute Gasteiger partial charge is 0.466 e. The number of hydrogen-bond acceptors (Lipinski definition) is 3. The van der Waals surface area contributed by atoms with Gasteiger partial charge >= 0.3 is 5.97 Å². The molecule has 0 saturated carbocycles. The van der Waals surface area contributed by atoms with E-state index in [1.54, 1.807) is 0 Å². The van der Waals surface area contributed by atoms with Crippen LogP contribution in [0.3, 0.4) is 0 Å². The molecule has 3 nitrogen and oxygen atoms in total. The summed E-state index contributed by atoms with van der Waals surface area (Å²) in [6.45, 7) is 6.36. The molecular formula is C11H23NO2. The predicted octanol–water partition coefficient (Wildman–Crippen LogP) is 2.11. The molecule has 0 aliphatic rings. The van der Waals surface area contributed by atoms with Crippen LogP contribution in [0.15, 0.2) is 0 Å². The van der Waals surface area contributed by atoms with E-state index in [2.05, 4.69) is 12.2 Å². The van der Waals surface area contributed by atoms with Gasteiger partial charge in [0.1, 0.15) is 0 Å². The molecule has 0 aromatic rings. The molecule has 84 valence electrons. The van der Waals surface area contributed by atoms with Crippen molar-refractivity contribution in [1.29, 1.82) is 0 Å². The van der Waals surface area contributed by atoms with E-state index < -0.39 is 0 Å². The molecule has 0 aliphatic carbocycles. The Balaban J connectivity index is 2.88. The average molecular weight is 201 g/mol. The highest BCUT2D eigenvalue weighted by Crippen LogP contribution is 1.92. The van der Waals surface area contributed by atoms with Crippen molar-refractivity contribution < 1.29 is 9.53 Å². The van der Waals surface area contributed by atoms with Gasteiger partial charge in [0.25, 0.3) is 0 Å². The zero-order chi connectivity index (χ0) is 10.6. The van der Waals surface area contributed by atoms with Gasteiger partial charge in [-0.3, -0.25) is 4.79 Å². The molecule has 0 spiro atoms. The highest BCUT2D eigenvalue weighted by Gasteiger charge is 1.92. The van der Waals surface area contributed by atoms with Crippen LogP contribution >= 0.6 is 0 Å². The van der Waals surface area contributed by atoms with Crippen molar-refractivity contribution >= 4 is 5.97 Å². The number of unbranched alkanes of at least 4 members (excludes halogenated alkanes) is 3. The first kappa shape index (κ1) is 13.4. The first-order valence-electron chi connectivity index (χ1n) is 5.61. The number of nitrogens with one attached hydrogen (secondary N) is 1.